The van der Waals surface area contributed by atoms with Crippen molar-refractivity contribution in [3.63, 3.8) is 0 Å². The van der Waals surface area contributed by atoms with Crippen molar-refractivity contribution in [2.24, 2.45) is 0 Å². The van der Waals surface area contributed by atoms with Crippen LogP contribution in [0, 0.1) is 11.6 Å². The lowest BCUT2D eigenvalue weighted by Gasteiger charge is -2.19. The summed E-state index contributed by atoms with van der Waals surface area (Å²) in [5.74, 6) is -3.21. The second-order valence-corrected chi connectivity index (χ2v) is 9.05. The van der Waals surface area contributed by atoms with Crippen LogP contribution in [0.1, 0.15) is 32.0 Å². The highest BCUT2D eigenvalue weighted by atomic mass is 32.1. The number of β-amino-alcohol motifs (C(OH)–C–C–N with tert-alkyl or cyclic N) is 1. The summed E-state index contributed by atoms with van der Waals surface area (Å²) in [6, 6.07) is 9.84. The molecule has 1 aliphatic rings. The zero-order valence-corrected chi connectivity index (χ0v) is 19.0. The molecular formula is C23H23F2N5O3S. The number of likely N-dealkylation sites (N-methyl/N-ethyl adjacent to an activating group) is 1. The standard InChI is InChI=1S/C23H23F2N5O3S/c1-30-11-15(31)9-14(30)10-27-22(33)12-5-7-13(8-6-12)28-23-29-21(26)20(34-23)19(32)18-16(24)3-2-4-17(18)25/h2-8,14-15,31H,9-11,26H2,1H3,(H,27,33)(H,28,29). The van der Waals surface area contributed by atoms with E-state index in [1.165, 1.54) is 6.07 Å². The summed E-state index contributed by atoms with van der Waals surface area (Å²) in [4.78, 5) is 31.0. The largest absolute Gasteiger partial charge is 0.392 e. The minimum absolute atomic E-state index is 0.0792. The molecule has 2 aromatic carbocycles. The number of amides is 1. The number of rotatable bonds is 7. The molecule has 34 heavy (non-hydrogen) atoms. The number of ketones is 1. The number of halogens is 2. The Morgan fingerprint density at radius 3 is 2.50 bits per heavy atom. The van der Waals surface area contributed by atoms with E-state index in [1.807, 2.05) is 11.9 Å². The zero-order chi connectivity index (χ0) is 24.4. The van der Waals surface area contributed by atoms with E-state index in [1.54, 1.807) is 24.3 Å². The van der Waals surface area contributed by atoms with Crippen LogP contribution in [0.3, 0.4) is 0 Å². The summed E-state index contributed by atoms with van der Waals surface area (Å²) in [5, 5.41) is 15.8. The molecule has 0 saturated carbocycles. The van der Waals surface area contributed by atoms with Gasteiger partial charge in [-0.15, -0.1) is 0 Å². The molecule has 2 unspecified atom stereocenters. The van der Waals surface area contributed by atoms with E-state index in [0.717, 1.165) is 23.5 Å². The molecule has 0 radical (unpaired) electrons. The van der Waals surface area contributed by atoms with Crippen LogP contribution < -0.4 is 16.4 Å². The molecular weight excluding hydrogens is 464 g/mol. The average molecular weight is 488 g/mol. The number of nitrogens with zero attached hydrogens (tertiary/aromatic N) is 2. The molecule has 8 nitrogen and oxygen atoms in total. The first-order chi connectivity index (χ1) is 16.2. The topological polar surface area (TPSA) is 121 Å². The number of carbonyl (C=O) groups is 2. The smallest absolute Gasteiger partial charge is 0.251 e. The van der Waals surface area contributed by atoms with Crippen molar-refractivity contribution in [2.75, 3.05) is 31.2 Å². The molecule has 0 spiro atoms. The SMILES string of the molecule is CN1CC(O)CC1CNC(=O)c1ccc(Nc2nc(N)c(C(=O)c3c(F)cccc3F)s2)cc1. The van der Waals surface area contributed by atoms with Crippen LogP contribution in [-0.4, -0.2) is 59.0 Å². The average Bonchev–Trinajstić information content (AvgIpc) is 3.32. The quantitative estimate of drug-likeness (QED) is 0.378. The molecule has 2 heterocycles. The Bertz CT molecular complexity index is 1200. The van der Waals surface area contributed by atoms with Gasteiger partial charge in [-0.3, -0.25) is 14.5 Å². The number of likely N-dealkylation sites (tertiary alicyclic amines) is 1. The van der Waals surface area contributed by atoms with E-state index < -0.39 is 23.0 Å². The van der Waals surface area contributed by atoms with E-state index in [-0.39, 0.29) is 33.9 Å². The Hall–Kier alpha value is -3.41. The van der Waals surface area contributed by atoms with Gasteiger partial charge in [-0.2, -0.15) is 0 Å². The lowest BCUT2D eigenvalue weighted by molar-refractivity contribution is 0.0942. The highest BCUT2D eigenvalue weighted by Gasteiger charge is 2.28. The number of anilines is 3. The predicted molar refractivity (Wildman–Crippen MR) is 125 cm³/mol. The summed E-state index contributed by atoms with van der Waals surface area (Å²) >= 11 is 0.873. The monoisotopic (exact) mass is 487 g/mol. The number of hydrogen-bond acceptors (Lipinski definition) is 8. The fourth-order valence-corrected chi connectivity index (χ4v) is 4.66. The first-order valence-electron chi connectivity index (χ1n) is 10.5. The zero-order valence-electron chi connectivity index (χ0n) is 18.2. The van der Waals surface area contributed by atoms with Gasteiger partial charge in [0.2, 0.25) is 5.78 Å². The van der Waals surface area contributed by atoms with E-state index in [9.17, 15) is 23.5 Å². The van der Waals surface area contributed by atoms with E-state index >= 15 is 0 Å². The number of benzene rings is 2. The number of aliphatic hydroxyl groups excluding tert-OH is 1. The van der Waals surface area contributed by atoms with Gasteiger partial charge in [0, 0.05) is 30.4 Å². The van der Waals surface area contributed by atoms with Crippen molar-refractivity contribution < 1.29 is 23.5 Å². The summed E-state index contributed by atoms with van der Waals surface area (Å²) < 4.78 is 27.9. The molecule has 11 heteroatoms. The fourth-order valence-electron chi connectivity index (χ4n) is 3.81. The second kappa shape index (κ2) is 9.84. The molecule has 5 N–H and O–H groups in total. The van der Waals surface area contributed by atoms with Gasteiger partial charge in [0.05, 0.1) is 11.7 Å². The van der Waals surface area contributed by atoms with Gasteiger partial charge in [-0.25, -0.2) is 13.8 Å². The Balaban J connectivity index is 1.40. The van der Waals surface area contributed by atoms with Gasteiger partial charge >= 0.3 is 0 Å². The van der Waals surface area contributed by atoms with Crippen molar-refractivity contribution in [1.82, 2.24) is 15.2 Å². The van der Waals surface area contributed by atoms with Crippen LogP contribution in [0.15, 0.2) is 42.5 Å². The van der Waals surface area contributed by atoms with Crippen LogP contribution in [0.25, 0.3) is 0 Å². The van der Waals surface area contributed by atoms with E-state index in [4.69, 9.17) is 5.73 Å². The Morgan fingerprint density at radius 1 is 1.21 bits per heavy atom. The van der Waals surface area contributed by atoms with Crippen LogP contribution in [0.4, 0.5) is 25.4 Å². The van der Waals surface area contributed by atoms with Gasteiger partial charge in [0.1, 0.15) is 22.3 Å². The van der Waals surface area contributed by atoms with Gasteiger partial charge in [0.25, 0.3) is 5.91 Å². The van der Waals surface area contributed by atoms with Crippen molar-refractivity contribution in [2.45, 2.75) is 18.6 Å². The maximum atomic E-state index is 14.0. The molecule has 0 aliphatic carbocycles. The minimum Gasteiger partial charge on any atom is -0.392 e. The minimum atomic E-state index is -0.975. The molecule has 1 aromatic heterocycles. The first-order valence-corrected chi connectivity index (χ1v) is 11.3. The van der Waals surface area contributed by atoms with Crippen LogP contribution >= 0.6 is 11.3 Å². The van der Waals surface area contributed by atoms with Gasteiger partial charge < -0.3 is 21.5 Å². The molecule has 1 amide bonds. The normalized spacial score (nSPS) is 18.1. The Kier molecular flexibility index (Phi) is 6.87. The summed E-state index contributed by atoms with van der Waals surface area (Å²) in [7, 11) is 1.91. The van der Waals surface area contributed by atoms with Gasteiger partial charge in [-0.05, 0) is 49.9 Å². The number of thiazole rings is 1. The summed E-state index contributed by atoms with van der Waals surface area (Å²) in [5.41, 5.74) is 6.18. The van der Waals surface area contributed by atoms with Gasteiger partial charge in [0.15, 0.2) is 5.13 Å². The number of carbonyl (C=O) groups excluding carboxylic acids is 2. The van der Waals surface area contributed by atoms with Crippen molar-refractivity contribution in [3.8, 4) is 0 Å². The third kappa shape index (κ3) is 5.06. The van der Waals surface area contributed by atoms with Crippen LogP contribution in [0.2, 0.25) is 0 Å². The lowest BCUT2D eigenvalue weighted by Crippen LogP contribution is -2.38. The lowest BCUT2D eigenvalue weighted by atomic mass is 10.1. The van der Waals surface area contributed by atoms with Crippen LogP contribution in [0.5, 0.6) is 0 Å². The van der Waals surface area contributed by atoms with E-state index in [2.05, 4.69) is 15.6 Å². The number of nitrogens with two attached hydrogens (primary N) is 1. The van der Waals surface area contributed by atoms with Crippen molar-refractivity contribution in [1.29, 1.82) is 0 Å². The summed E-state index contributed by atoms with van der Waals surface area (Å²) in [6.45, 7) is 1.02. The second-order valence-electron chi connectivity index (χ2n) is 8.05. The number of aromatic nitrogens is 1. The van der Waals surface area contributed by atoms with Gasteiger partial charge in [-0.1, -0.05) is 17.4 Å². The number of hydrogen-bond donors (Lipinski definition) is 4. The third-order valence-corrected chi connectivity index (χ3v) is 6.60. The summed E-state index contributed by atoms with van der Waals surface area (Å²) in [6.07, 6.45) is 0.240. The molecule has 3 aromatic rings. The molecule has 0 bridgehead atoms. The van der Waals surface area contributed by atoms with Crippen LogP contribution in [-0.2, 0) is 0 Å². The maximum absolute atomic E-state index is 14.0. The molecule has 1 fully saturated rings. The van der Waals surface area contributed by atoms with Crippen molar-refractivity contribution >= 4 is 39.7 Å². The molecule has 1 saturated heterocycles. The first kappa shape index (κ1) is 23.7. The highest BCUT2D eigenvalue weighted by Crippen LogP contribution is 2.31. The number of nitrogen functional groups attached to an aromatic ring is 1. The molecule has 178 valence electrons. The Morgan fingerprint density at radius 2 is 1.88 bits per heavy atom. The van der Waals surface area contributed by atoms with Crippen molar-refractivity contribution in [3.05, 3.63) is 70.1 Å². The molecule has 4 rings (SSSR count). The third-order valence-electron chi connectivity index (χ3n) is 5.61. The highest BCUT2D eigenvalue weighted by molar-refractivity contribution is 7.18. The fraction of sp³-hybridized carbons (Fsp3) is 0.261. The number of nitrogens with one attached hydrogen (secondary N) is 2. The predicted octanol–water partition coefficient (Wildman–Crippen LogP) is 2.77. The number of aliphatic hydroxyl groups is 1. The molecule has 1 aliphatic heterocycles. The Labute approximate surface area is 198 Å². The van der Waals surface area contributed by atoms with E-state index in [0.29, 0.717) is 30.8 Å². The maximum Gasteiger partial charge on any atom is 0.251 e. The molecule has 2 atom stereocenters.